The first kappa shape index (κ1) is 11.3. The lowest BCUT2D eigenvalue weighted by Crippen LogP contribution is -2.11. The summed E-state index contributed by atoms with van der Waals surface area (Å²) in [7, 11) is 0. The Labute approximate surface area is 88.7 Å². The molecule has 5 heteroatoms. The number of hydrogen-bond donors (Lipinski definition) is 2. The summed E-state index contributed by atoms with van der Waals surface area (Å²) in [6.45, 7) is 6.23. The van der Waals surface area contributed by atoms with Gasteiger partial charge in [-0.25, -0.2) is 15.8 Å². The number of hydrogen-bond acceptors (Lipinski definition) is 5. The Bertz CT molecular complexity index is 301. The molecule has 0 fully saturated rings. The van der Waals surface area contributed by atoms with Gasteiger partial charge < -0.3 is 5.43 Å². The first-order valence-electron chi connectivity index (χ1n) is 4.65. The SMILES string of the molecule is CCSc1cc(NN)nc(C(C)C)n1. The topological polar surface area (TPSA) is 63.8 Å². The van der Waals surface area contributed by atoms with Crippen molar-refractivity contribution in [2.24, 2.45) is 5.84 Å². The number of thioether (sulfide) groups is 1. The van der Waals surface area contributed by atoms with Crippen molar-refractivity contribution in [3.8, 4) is 0 Å². The highest BCUT2D eigenvalue weighted by Gasteiger charge is 2.07. The average Bonchev–Trinajstić information content (AvgIpc) is 2.17. The molecule has 78 valence electrons. The Morgan fingerprint density at radius 2 is 2.21 bits per heavy atom. The summed E-state index contributed by atoms with van der Waals surface area (Å²) in [4.78, 5) is 8.70. The average molecular weight is 212 g/mol. The van der Waals surface area contributed by atoms with Crippen molar-refractivity contribution in [2.45, 2.75) is 31.7 Å². The molecule has 4 nitrogen and oxygen atoms in total. The summed E-state index contributed by atoms with van der Waals surface area (Å²) in [6.07, 6.45) is 0. The summed E-state index contributed by atoms with van der Waals surface area (Å²) in [5.74, 6) is 8.16. The number of nitrogens with zero attached hydrogens (tertiary/aromatic N) is 2. The zero-order valence-corrected chi connectivity index (χ0v) is 9.56. The number of hydrazine groups is 1. The second-order valence-corrected chi connectivity index (χ2v) is 4.47. The molecule has 14 heavy (non-hydrogen) atoms. The van der Waals surface area contributed by atoms with E-state index in [0.717, 1.165) is 16.6 Å². The smallest absolute Gasteiger partial charge is 0.144 e. The molecule has 1 aromatic heterocycles. The van der Waals surface area contributed by atoms with Crippen LogP contribution in [-0.2, 0) is 0 Å². The van der Waals surface area contributed by atoms with Gasteiger partial charge in [-0.3, -0.25) is 0 Å². The van der Waals surface area contributed by atoms with Crippen molar-refractivity contribution in [3.05, 3.63) is 11.9 Å². The second-order valence-electron chi connectivity index (χ2n) is 3.18. The number of anilines is 1. The Balaban J connectivity index is 3.00. The van der Waals surface area contributed by atoms with Gasteiger partial charge in [0, 0.05) is 12.0 Å². The van der Waals surface area contributed by atoms with Crippen LogP contribution in [0.5, 0.6) is 0 Å². The van der Waals surface area contributed by atoms with E-state index in [-0.39, 0.29) is 0 Å². The van der Waals surface area contributed by atoms with Crippen molar-refractivity contribution in [2.75, 3.05) is 11.2 Å². The summed E-state index contributed by atoms with van der Waals surface area (Å²) in [6, 6.07) is 1.86. The van der Waals surface area contributed by atoms with Crippen molar-refractivity contribution >= 4 is 17.6 Å². The zero-order valence-electron chi connectivity index (χ0n) is 8.74. The lowest BCUT2D eigenvalue weighted by atomic mass is 10.2. The molecule has 0 spiro atoms. The van der Waals surface area contributed by atoms with Crippen LogP contribution in [0.3, 0.4) is 0 Å². The molecule has 0 unspecified atom stereocenters. The molecule has 0 aliphatic heterocycles. The fourth-order valence-corrected chi connectivity index (χ4v) is 1.65. The molecule has 1 heterocycles. The van der Waals surface area contributed by atoms with Gasteiger partial charge in [0.2, 0.25) is 0 Å². The molecule has 0 bridgehead atoms. The molecule has 0 radical (unpaired) electrons. The Kier molecular flexibility index (Phi) is 4.16. The van der Waals surface area contributed by atoms with Gasteiger partial charge >= 0.3 is 0 Å². The predicted molar refractivity (Wildman–Crippen MR) is 60.3 cm³/mol. The lowest BCUT2D eigenvalue weighted by Gasteiger charge is -2.08. The van der Waals surface area contributed by atoms with Crippen molar-refractivity contribution in [3.63, 3.8) is 0 Å². The van der Waals surface area contributed by atoms with Crippen LogP contribution in [0.25, 0.3) is 0 Å². The van der Waals surface area contributed by atoms with Gasteiger partial charge in [-0.1, -0.05) is 20.8 Å². The highest BCUT2D eigenvalue weighted by atomic mass is 32.2. The number of rotatable bonds is 4. The van der Waals surface area contributed by atoms with Gasteiger partial charge in [0.15, 0.2) is 0 Å². The van der Waals surface area contributed by atoms with E-state index in [9.17, 15) is 0 Å². The minimum absolute atomic E-state index is 0.319. The van der Waals surface area contributed by atoms with E-state index < -0.39 is 0 Å². The molecular formula is C9H16N4S. The van der Waals surface area contributed by atoms with Crippen LogP contribution in [0.1, 0.15) is 32.5 Å². The van der Waals surface area contributed by atoms with E-state index in [1.54, 1.807) is 11.8 Å². The summed E-state index contributed by atoms with van der Waals surface area (Å²) in [5.41, 5.74) is 2.56. The molecule has 1 aromatic rings. The highest BCUT2D eigenvalue weighted by molar-refractivity contribution is 7.99. The first-order valence-corrected chi connectivity index (χ1v) is 5.64. The van der Waals surface area contributed by atoms with Gasteiger partial charge in [0.25, 0.3) is 0 Å². The van der Waals surface area contributed by atoms with Crippen LogP contribution >= 0.6 is 11.8 Å². The molecule has 0 atom stereocenters. The van der Waals surface area contributed by atoms with Crippen molar-refractivity contribution in [1.29, 1.82) is 0 Å². The van der Waals surface area contributed by atoms with E-state index >= 15 is 0 Å². The standard InChI is InChI=1S/C9H16N4S/c1-4-14-8-5-7(13-10)11-9(12-8)6(2)3/h5-6H,4,10H2,1-3H3,(H,11,12,13). The van der Waals surface area contributed by atoms with E-state index in [2.05, 4.69) is 36.2 Å². The molecule has 1 rings (SSSR count). The number of nitrogen functional groups attached to an aromatic ring is 1. The molecular weight excluding hydrogens is 196 g/mol. The normalized spacial score (nSPS) is 10.6. The van der Waals surface area contributed by atoms with Gasteiger partial charge in [-0.05, 0) is 5.75 Å². The summed E-state index contributed by atoms with van der Waals surface area (Å²) >= 11 is 1.69. The van der Waals surface area contributed by atoms with Crippen LogP contribution in [0.4, 0.5) is 5.82 Å². The first-order chi connectivity index (χ1) is 6.67. The Morgan fingerprint density at radius 3 is 2.71 bits per heavy atom. The third kappa shape index (κ3) is 2.85. The van der Waals surface area contributed by atoms with Crippen LogP contribution < -0.4 is 11.3 Å². The third-order valence-electron chi connectivity index (χ3n) is 1.68. The summed E-state index contributed by atoms with van der Waals surface area (Å²) in [5, 5.41) is 0.971. The molecule has 0 amide bonds. The third-order valence-corrected chi connectivity index (χ3v) is 2.47. The van der Waals surface area contributed by atoms with Crippen LogP contribution in [-0.4, -0.2) is 15.7 Å². The number of nitrogens with one attached hydrogen (secondary N) is 1. The van der Waals surface area contributed by atoms with E-state index in [1.165, 1.54) is 0 Å². The van der Waals surface area contributed by atoms with Gasteiger partial charge in [-0.15, -0.1) is 11.8 Å². The van der Waals surface area contributed by atoms with Crippen molar-refractivity contribution in [1.82, 2.24) is 9.97 Å². The monoisotopic (exact) mass is 212 g/mol. The minimum Gasteiger partial charge on any atom is -0.308 e. The highest BCUT2D eigenvalue weighted by Crippen LogP contribution is 2.20. The predicted octanol–water partition coefficient (Wildman–Crippen LogP) is 2.00. The maximum absolute atomic E-state index is 5.33. The van der Waals surface area contributed by atoms with Crippen LogP contribution in [0.2, 0.25) is 0 Å². The molecule has 3 N–H and O–H groups in total. The van der Waals surface area contributed by atoms with Crippen LogP contribution in [0.15, 0.2) is 11.1 Å². The van der Waals surface area contributed by atoms with Crippen molar-refractivity contribution < 1.29 is 0 Å². The quantitative estimate of drug-likeness (QED) is 0.346. The van der Waals surface area contributed by atoms with Gasteiger partial charge in [0.1, 0.15) is 16.7 Å². The molecule has 0 aliphatic rings. The second kappa shape index (κ2) is 5.17. The Morgan fingerprint density at radius 1 is 1.50 bits per heavy atom. The fraction of sp³-hybridized carbons (Fsp3) is 0.556. The van der Waals surface area contributed by atoms with E-state index in [4.69, 9.17) is 5.84 Å². The molecule has 0 aromatic carbocycles. The summed E-state index contributed by atoms with van der Waals surface area (Å²) < 4.78 is 0. The number of aromatic nitrogens is 2. The zero-order chi connectivity index (χ0) is 10.6. The molecule has 0 aliphatic carbocycles. The maximum atomic E-state index is 5.33. The fourth-order valence-electron chi connectivity index (χ4n) is 0.997. The molecule has 0 saturated carbocycles. The van der Waals surface area contributed by atoms with Crippen LogP contribution in [0, 0.1) is 0 Å². The van der Waals surface area contributed by atoms with Gasteiger partial charge in [-0.2, -0.15) is 0 Å². The number of nitrogens with two attached hydrogens (primary N) is 1. The van der Waals surface area contributed by atoms with Gasteiger partial charge in [0.05, 0.1) is 0 Å². The minimum atomic E-state index is 0.319. The maximum Gasteiger partial charge on any atom is 0.144 e. The molecule has 0 saturated heterocycles. The Hall–Kier alpha value is -0.810. The van der Waals surface area contributed by atoms with E-state index in [0.29, 0.717) is 11.7 Å². The van der Waals surface area contributed by atoms with E-state index in [1.807, 2.05) is 6.07 Å². The largest absolute Gasteiger partial charge is 0.308 e. The lowest BCUT2D eigenvalue weighted by molar-refractivity contribution is 0.754.